The van der Waals surface area contributed by atoms with E-state index in [1.165, 1.54) is 22.7 Å². The Morgan fingerprint density at radius 1 is 0.619 bits per heavy atom. The zero-order valence-corrected chi connectivity index (χ0v) is 25.1. The summed E-state index contributed by atoms with van der Waals surface area (Å²) in [5.74, 6) is -1.48. The predicted octanol–water partition coefficient (Wildman–Crippen LogP) is 7.63. The lowest BCUT2D eigenvalue weighted by Gasteiger charge is -2.09. The van der Waals surface area contributed by atoms with Crippen LogP contribution in [-0.4, -0.2) is 37.0 Å². The van der Waals surface area contributed by atoms with E-state index in [0.717, 1.165) is 11.1 Å². The van der Waals surface area contributed by atoms with Gasteiger partial charge >= 0.3 is 11.9 Å². The van der Waals surface area contributed by atoms with Gasteiger partial charge in [0.2, 0.25) is 11.8 Å². The third kappa shape index (κ3) is 7.71. The van der Waals surface area contributed by atoms with E-state index in [4.69, 9.17) is 9.47 Å². The third-order valence-electron chi connectivity index (χ3n) is 6.27. The fourth-order valence-electron chi connectivity index (χ4n) is 4.32. The summed E-state index contributed by atoms with van der Waals surface area (Å²) >= 11 is 2.55. The van der Waals surface area contributed by atoms with Crippen molar-refractivity contribution in [3.63, 3.8) is 0 Å². The summed E-state index contributed by atoms with van der Waals surface area (Å²) in [6.07, 6.45) is 1.30. The molecule has 0 atom stereocenters. The van der Waals surface area contributed by atoms with Crippen LogP contribution in [0.25, 0.3) is 22.3 Å². The number of hydrogen-bond acceptors (Lipinski definition) is 8. The summed E-state index contributed by atoms with van der Waals surface area (Å²) in [6, 6.07) is 18.9. The maximum Gasteiger partial charge on any atom is 0.341 e. The predicted molar refractivity (Wildman–Crippen MR) is 167 cm³/mol. The lowest BCUT2D eigenvalue weighted by Crippen LogP contribution is -2.16. The first kappa shape index (κ1) is 30.7. The van der Waals surface area contributed by atoms with Crippen molar-refractivity contribution < 1.29 is 28.7 Å². The Morgan fingerprint density at radius 2 is 1.00 bits per heavy atom. The fourth-order valence-corrected chi connectivity index (χ4v) is 6.27. The highest BCUT2D eigenvalue weighted by Gasteiger charge is 2.24. The van der Waals surface area contributed by atoms with Crippen LogP contribution in [0.1, 0.15) is 60.2 Å². The Bertz CT molecular complexity index is 1410. The topological polar surface area (TPSA) is 111 Å². The number of carbonyl (C=O) groups is 4. The van der Waals surface area contributed by atoms with Gasteiger partial charge in [0.25, 0.3) is 0 Å². The molecule has 10 heteroatoms. The van der Waals surface area contributed by atoms with Gasteiger partial charge in [0.05, 0.1) is 13.2 Å². The number of esters is 2. The molecule has 2 heterocycles. The maximum atomic E-state index is 12.7. The summed E-state index contributed by atoms with van der Waals surface area (Å²) in [5, 5.41) is 10.2. The van der Waals surface area contributed by atoms with Crippen LogP contribution >= 0.6 is 22.7 Å². The average Bonchev–Trinajstić information content (AvgIpc) is 3.61. The molecule has 4 rings (SSSR count). The Balaban J connectivity index is 1.33. The van der Waals surface area contributed by atoms with Crippen molar-refractivity contribution >= 4 is 56.4 Å². The molecule has 0 radical (unpaired) electrons. The average molecular weight is 605 g/mol. The molecule has 8 nitrogen and oxygen atoms in total. The molecular weight excluding hydrogens is 572 g/mol. The van der Waals surface area contributed by atoms with Crippen molar-refractivity contribution in [2.24, 2.45) is 0 Å². The molecule has 0 aliphatic carbocycles. The molecule has 42 heavy (non-hydrogen) atoms. The number of hydrogen-bond donors (Lipinski definition) is 2. The highest BCUT2D eigenvalue weighted by molar-refractivity contribution is 7.15. The Labute approximate surface area is 252 Å². The minimum atomic E-state index is -0.490. The van der Waals surface area contributed by atoms with Crippen LogP contribution in [0.5, 0.6) is 0 Å². The van der Waals surface area contributed by atoms with Gasteiger partial charge in [0, 0.05) is 34.7 Å². The zero-order valence-electron chi connectivity index (χ0n) is 23.4. The summed E-state index contributed by atoms with van der Waals surface area (Å²) in [6.45, 7) is 3.91. The number of carbonyl (C=O) groups excluding carboxylic acids is 4. The van der Waals surface area contributed by atoms with Crippen LogP contribution in [0.15, 0.2) is 71.4 Å². The first-order valence-corrected chi connectivity index (χ1v) is 15.5. The second kappa shape index (κ2) is 15.1. The molecule has 0 spiro atoms. The van der Waals surface area contributed by atoms with E-state index in [1.807, 2.05) is 71.4 Å². The van der Waals surface area contributed by atoms with Gasteiger partial charge in [-0.15, -0.1) is 22.7 Å². The number of anilines is 2. The molecule has 2 aromatic heterocycles. The van der Waals surface area contributed by atoms with Gasteiger partial charge in [0.1, 0.15) is 21.1 Å². The molecule has 0 unspecified atom stereocenters. The Kier molecular flexibility index (Phi) is 11.0. The SMILES string of the molecule is CCOC(=O)c1c(-c2ccccc2)csc1NC(=O)CCCCC(=O)Nc1scc(-c2ccccc2)c1C(=O)OCC. The minimum absolute atomic E-state index is 0.180. The van der Waals surface area contributed by atoms with Gasteiger partial charge in [0.15, 0.2) is 0 Å². The van der Waals surface area contributed by atoms with Crippen molar-refractivity contribution in [3.05, 3.63) is 82.6 Å². The number of thiophene rings is 2. The maximum absolute atomic E-state index is 12.7. The summed E-state index contributed by atoms with van der Waals surface area (Å²) in [4.78, 5) is 50.9. The number of ether oxygens (including phenoxy) is 2. The highest BCUT2D eigenvalue weighted by atomic mass is 32.1. The van der Waals surface area contributed by atoms with E-state index < -0.39 is 11.9 Å². The second-order valence-corrected chi connectivity index (χ2v) is 10.9. The Morgan fingerprint density at radius 3 is 1.36 bits per heavy atom. The molecule has 0 aliphatic rings. The first-order valence-electron chi connectivity index (χ1n) is 13.7. The van der Waals surface area contributed by atoms with Crippen LogP contribution in [-0.2, 0) is 19.1 Å². The first-order chi connectivity index (χ1) is 20.4. The number of rotatable bonds is 13. The van der Waals surface area contributed by atoms with Gasteiger partial charge in [-0.3, -0.25) is 9.59 Å². The van der Waals surface area contributed by atoms with Gasteiger partial charge < -0.3 is 20.1 Å². The van der Waals surface area contributed by atoms with Gasteiger partial charge in [-0.1, -0.05) is 60.7 Å². The fraction of sp³-hybridized carbons (Fsp3) is 0.250. The van der Waals surface area contributed by atoms with E-state index in [1.54, 1.807) is 13.8 Å². The lowest BCUT2D eigenvalue weighted by atomic mass is 10.0. The Hall–Kier alpha value is -4.28. The molecule has 2 amide bonds. The molecule has 0 fully saturated rings. The van der Waals surface area contributed by atoms with E-state index in [-0.39, 0.29) is 37.9 Å². The van der Waals surface area contributed by atoms with E-state index >= 15 is 0 Å². The number of nitrogens with one attached hydrogen (secondary N) is 2. The van der Waals surface area contributed by atoms with Gasteiger partial charge in [-0.2, -0.15) is 0 Å². The van der Waals surface area contributed by atoms with Crippen LogP contribution in [0.3, 0.4) is 0 Å². The second-order valence-electron chi connectivity index (χ2n) is 9.18. The van der Waals surface area contributed by atoms with E-state index in [0.29, 0.717) is 45.1 Å². The normalized spacial score (nSPS) is 10.6. The lowest BCUT2D eigenvalue weighted by molar-refractivity contribution is -0.118. The quantitative estimate of drug-likeness (QED) is 0.120. The molecule has 4 aromatic rings. The number of amides is 2. The van der Waals surface area contributed by atoms with Gasteiger partial charge in [-0.25, -0.2) is 9.59 Å². The minimum Gasteiger partial charge on any atom is -0.462 e. The zero-order chi connectivity index (χ0) is 29.9. The van der Waals surface area contributed by atoms with Crippen molar-refractivity contribution in [2.45, 2.75) is 39.5 Å². The van der Waals surface area contributed by atoms with Crippen molar-refractivity contribution in [1.82, 2.24) is 0 Å². The molecule has 2 aromatic carbocycles. The van der Waals surface area contributed by atoms with Crippen LogP contribution < -0.4 is 10.6 Å². The van der Waals surface area contributed by atoms with E-state index in [2.05, 4.69) is 10.6 Å². The van der Waals surface area contributed by atoms with Crippen molar-refractivity contribution in [3.8, 4) is 22.3 Å². The molecule has 0 aliphatic heterocycles. The summed E-state index contributed by atoms with van der Waals surface area (Å²) in [5.41, 5.74) is 3.80. The molecule has 0 bridgehead atoms. The van der Waals surface area contributed by atoms with Crippen LogP contribution in [0.2, 0.25) is 0 Å². The van der Waals surface area contributed by atoms with Crippen LogP contribution in [0.4, 0.5) is 10.0 Å². The van der Waals surface area contributed by atoms with Gasteiger partial charge in [-0.05, 0) is 37.8 Å². The summed E-state index contributed by atoms with van der Waals surface area (Å²) < 4.78 is 10.5. The van der Waals surface area contributed by atoms with Crippen molar-refractivity contribution in [2.75, 3.05) is 23.8 Å². The standard InChI is InChI=1S/C32H32N2O6S2/c1-3-39-31(37)27-23(21-13-7-5-8-14-21)19-41-29(27)33-25(35)17-11-12-18-26(36)34-30-28(32(38)40-4-2)24(20-42-30)22-15-9-6-10-16-22/h5-10,13-16,19-20H,3-4,11-12,17-18H2,1-2H3,(H,33,35)(H,34,36). The monoisotopic (exact) mass is 604 g/mol. The molecule has 0 saturated heterocycles. The molecule has 218 valence electrons. The number of unbranched alkanes of at least 4 members (excludes halogenated alkanes) is 1. The number of benzene rings is 2. The largest absolute Gasteiger partial charge is 0.462 e. The molecular formula is C32H32N2O6S2. The van der Waals surface area contributed by atoms with Crippen LogP contribution in [0, 0.1) is 0 Å². The van der Waals surface area contributed by atoms with Crippen molar-refractivity contribution in [1.29, 1.82) is 0 Å². The third-order valence-corrected chi connectivity index (χ3v) is 8.07. The van der Waals surface area contributed by atoms with E-state index in [9.17, 15) is 19.2 Å². The molecule has 2 N–H and O–H groups in total. The highest BCUT2D eigenvalue weighted by Crippen LogP contribution is 2.37. The summed E-state index contributed by atoms with van der Waals surface area (Å²) in [7, 11) is 0. The molecule has 0 saturated carbocycles. The smallest absolute Gasteiger partial charge is 0.341 e.